The van der Waals surface area contributed by atoms with Crippen molar-refractivity contribution in [2.75, 3.05) is 12.0 Å². The Balaban J connectivity index is 1.39. The van der Waals surface area contributed by atoms with E-state index in [1.807, 2.05) is 6.07 Å². The molecule has 0 radical (unpaired) electrons. The summed E-state index contributed by atoms with van der Waals surface area (Å²) < 4.78 is 10.7. The van der Waals surface area contributed by atoms with Gasteiger partial charge in [0.15, 0.2) is 5.60 Å². The van der Waals surface area contributed by atoms with E-state index in [0.29, 0.717) is 21.4 Å². The minimum atomic E-state index is -1.10. The average Bonchev–Trinajstić information content (AvgIpc) is 3.05. The van der Waals surface area contributed by atoms with Gasteiger partial charge in [-0.15, -0.1) is 0 Å². The second kappa shape index (κ2) is 9.39. The second-order valence-electron chi connectivity index (χ2n) is 9.02. The lowest BCUT2D eigenvalue weighted by Gasteiger charge is -2.40. The molecule has 4 rings (SSSR count). The number of hydrogen-bond acceptors (Lipinski definition) is 6. The molecule has 1 aromatic heterocycles. The van der Waals surface area contributed by atoms with Gasteiger partial charge in [-0.3, -0.25) is 4.79 Å². The molecule has 0 unspecified atom stereocenters. The van der Waals surface area contributed by atoms with E-state index in [9.17, 15) is 9.59 Å². The van der Waals surface area contributed by atoms with Crippen LogP contribution in [-0.2, 0) is 9.53 Å². The van der Waals surface area contributed by atoms with Crippen molar-refractivity contribution in [3.8, 4) is 5.75 Å². The van der Waals surface area contributed by atoms with Crippen molar-refractivity contribution < 1.29 is 19.1 Å². The van der Waals surface area contributed by atoms with Crippen LogP contribution in [0.1, 0.15) is 49.9 Å². The standard InChI is InChI=1S/C24H27Cl2N3O4/c1-24(2,33-20-8-5-15(25)10-19(20)26)23(31)28-16-11-17-6-7-18(12-16)29(17)21-9-4-14(13-27-21)22(30)32-3/h4-5,8-10,13,16-18H,6-7,11-12H2,1-3H3,(H,28,31)/t16-,17+,18-. The van der Waals surface area contributed by atoms with Crippen LogP contribution in [0, 0.1) is 0 Å². The van der Waals surface area contributed by atoms with Crippen LogP contribution >= 0.6 is 23.2 Å². The number of halogens is 2. The molecule has 2 aliphatic rings. The zero-order chi connectivity index (χ0) is 23.8. The molecule has 7 nitrogen and oxygen atoms in total. The number of nitrogens with zero attached hydrogens (tertiary/aromatic N) is 2. The maximum atomic E-state index is 13.1. The number of carbonyl (C=O) groups excluding carboxylic acids is 2. The molecule has 0 saturated carbocycles. The van der Waals surface area contributed by atoms with Crippen molar-refractivity contribution in [2.45, 2.75) is 63.3 Å². The van der Waals surface area contributed by atoms with Crippen LogP contribution in [0.4, 0.5) is 5.82 Å². The monoisotopic (exact) mass is 491 g/mol. The molecule has 0 aliphatic carbocycles. The highest BCUT2D eigenvalue weighted by Crippen LogP contribution is 2.39. The number of benzene rings is 1. The fourth-order valence-corrected chi connectivity index (χ4v) is 5.13. The van der Waals surface area contributed by atoms with Gasteiger partial charge in [-0.25, -0.2) is 9.78 Å². The normalized spacial score (nSPS) is 22.1. The summed E-state index contributed by atoms with van der Waals surface area (Å²) in [5.41, 5.74) is -0.669. The molecular weight excluding hydrogens is 465 g/mol. The summed E-state index contributed by atoms with van der Waals surface area (Å²) in [4.78, 5) is 31.5. The lowest BCUT2D eigenvalue weighted by Crippen LogP contribution is -2.55. The van der Waals surface area contributed by atoms with Crippen molar-refractivity contribution >= 4 is 40.9 Å². The minimum absolute atomic E-state index is 0.0455. The molecule has 3 heterocycles. The largest absolute Gasteiger partial charge is 0.476 e. The van der Waals surface area contributed by atoms with Crippen molar-refractivity contribution in [2.24, 2.45) is 0 Å². The van der Waals surface area contributed by atoms with Gasteiger partial charge in [0.1, 0.15) is 11.6 Å². The van der Waals surface area contributed by atoms with Gasteiger partial charge in [0, 0.05) is 29.3 Å². The maximum absolute atomic E-state index is 13.1. The van der Waals surface area contributed by atoms with Crippen LogP contribution in [0.2, 0.25) is 10.0 Å². The Bertz CT molecular complexity index is 1030. The Morgan fingerprint density at radius 1 is 1.12 bits per heavy atom. The molecule has 2 aliphatic heterocycles. The SMILES string of the molecule is COC(=O)c1ccc(N2[C@@H]3CC[C@H]2C[C@@H](NC(=O)C(C)(C)Oc2ccc(Cl)cc2Cl)C3)nc1. The summed E-state index contributed by atoms with van der Waals surface area (Å²) in [5.74, 6) is 0.675. The molecule has 9 heteroatoms. The van der Waals surface area contributed by atoms with E-state index in [1.54, 1.807) is 44.3 Å². The number of amides is 1. The number of carbonyl (C=O) groups is 2. The third-order valence-electron chi connectivity index (χ3n) is 6.31. The van der Waals surface area contributed by atoms with Gasteiger partial charge in [0.05, 0.1) is 17.7 Å². The topological polar surface area (TPSA) is 80.8 Å². The van der Waals surface area contributed by atoms with Crippen molar-refractivity contribution in [3.63, 3.8) is 0 Å². The zero-order valence-corrected chi connectivity index (χ0v) is 20.3. The fraction of sp³-hybridized carbons (Fsp3) is 0.458. The fourth-order valence-electron chi connectivity index (χ4n) is 4.68. The lowest BCUT2D eigenvalue weighted by molar-refractivity contribution is -0.135. The molecular formula is C24H27Cl2N3O4. The quantitative estimate of drug-likeness (QED) is 0.592. The van der Waals surface area contributed by atoms with Gasteiger partial charge >= 0.3 is 5.97 Å². The van der Waals surface area contributed by atoms with E-state index in [-0.39, 0.29) is 24.0 Å². The summed E-state index contributed by atoms with van der Waals surface area (Å²) >= 11 is 12.2. The van der Waals surface area contributed by atoms with Crippen molar-refractivity contribution in [3.05, 3.63) is 52.1 Å². The summed E-state index contributed by atoms with van der Waals surface area (Å²) in [7, 11) is 1.35. The van der Waals surface area contributed by atoms with Gasteiger partial charge in [-0.1, -0.05) is 23.2 Å². The van der Waals surface area contributed by atoms with E-state index in [2.05, 4.69) is 15.2 Å². The van der Waals surface area contributed by atoms with Gasteiger partial charge in [0.2, 0.25) is 0 Å². The molecule has 2 saturated heterocycles. The Morgan fingerprint density at radius 2 is 1.82 bits per heavy atom. The first-order valence-corrected chi connectivity index (χ1v) is 11.7. The predicted molar refractivity (Wildman–Crippen MR) is 127 cm³/mol. The number of piperidine rings is 1. The Morgan fingerprint density at radius 3 is 2.39 bits per heavy atom. The number of pyridine rings is 1. The smallest absolute Gasteiger partial charge is 0.339 e. The molecule has 2 fully saturated rings. The maximum Gasteiger partial charge on any atom is 0.339 e. The zero-order valence-electron chi connectivity index (χ0n) is 18.8. The number of aromatic nitrogens is 1. The lowest BCUT2D eigenvalue weighted by atomic mass is 9.96. The van der Waals surface area contributed by atoms with Crippen molar-refractivity contribution in [1.82, 2.24) is 10.3 Å². The number of esters is 1. The molecule has 33 heavy (non-hydrogen) atoms. The number of ether oxygens (including phenoxy) is 2. The second-order valence-corrected chi connectivity index (χ2v) is 9.86. The van der Waals surface area contributed by atoms with Gasteiger partial charge in [-0.2, -0.15) is 0 Å². The summed E-state index contributed by atoms with van der Waals surface area (Å²) in [5, 5.41) is 4.04. The first-order valence-electron chi connectivity index (χ1n) is 11.0. The van der Waals surface area contributed by atoms with Crippen LogP contribution in [0.5, 0.6) is 5.75 Å². The highest BCUT2D eigenvalue weighted by atomic mass is 35.5. The Kier molecular flexibility index (Phi) is 6.73. The van der Waals surface area contributed by atoms with Crippen LogP contribution in [0.3, 0.4) is 0 Å². The predicted octanol–water partition coefficient (Wildman–Crippen LogP) is 4.65. The summed E-state index contributed by atoms with van der Waals surface area (Å²) in [6.45, 7) is 3.45. The first kappa shape index (κ1) is 23.6. The first-order chi connectivity index (χ1) is 15.7. The average molecular weight is 492 g/mol. The number of fused-ring (bicyclic) bond motifs is 2. The molecule has 1 amide bonds. The minimum Gasteiger partial charge on any atom is -0.476 e. The van der Waals surface area contributed by atoms with Crippen LogP contribution < -0.4 is 15.0 Å². The molecule has 176 valence electrons. The highest BCUT2D eigenvalue weighted by molar-refractivity contribution is 6.35. The molecule has 1 N–H and O–H groups in total. The number of rotatable bonds is 6. The molecule has 2 bridgehead atoms. The van der Waals surface area contributed by atoms with Crippen LogP contribution in [-0.4, -0.2) is 47.7 Å². The highest BCUT2D eigenvalue weighted by Gasteiger charge is 2.43. The Hall–Kier alpha value is -2.51. The van der Waals surface area contributed by atoms with Crippen molar-refractivity contribution in [1.29, 1.82) is 0 Å². The van der Waals surface area contributed by atoms with Gasteiger partial charge < -0.3 is 19.7 Å². The Labute approximate surface area is 203 Å². The van der Waals surface area contributed by atoms with Gasteiger partial charge in [0.25, 0.3) is 5.91 Å². The van der Waals surface area contributed by atoms with Gasteiger partial charge in [-0.05, 0) is 69.9 Å². The number of methoxy groups -OCH3 is 1. The molecule has 0 spiro atoms. The third-order valence-corrected chi connectivity index (χ3v) is 6.84. The molecule has 2 aromatic rings. The van der Waals surface area contributed by atoms with E-state index in [0.717, 1.165) is 31.5 Å². The number of nitrogens with one attached hydrogen (secondary N) is 1. The summed E-state index contributed by atoms with van der Waals surface area (Å²) in [6, 6.07) is 9.13. The number of anilines is 1. The van der Waals surface area contributed by atoms with E-state index < -0.39 is 11.6 Å². The van der Waals surface area contributed by atoms with Crippen LogP contribution in [0.25, 0.3) is 0 Å². The van der Waals surface area contributed by atoms with E-state index in [1.165, 1.54) is 7.11 Å². The number of hydrogen-bond donors (Lipinski definition) is 1. The van der Waals surface area contributed by atoms with E-state index in [4.69, 9.17) is 32.7 Å². The van der Waals surface area contributed by atoms with E-state index >= 15 is 0 Å². The summed E-state index contributed by atoms with van der Waals surface area (Å²) in [6.07, 6.45) is 5.27. The third kappa shape index (κ3) is 5.04. The molecule has 1 aromatic carbocycles. The molecule has 3 atom stereocenters. The van der Waals surface area contributed by atoms with Crippen LogP contribution in [0.15, 0.2) is 36.5 Å².